The summed E-state index contributed by atoms with van der Waals surface area (Å²) in [5, 5.41) is 4.80. The molecule has 2 atom stereocenters. The molecule has 1 fully saturated rings. The molecule has 3 rings (SSSR count). The van der Waals surface area contributed by atoms with Crippen LogP contribution in [-0.4, -0.2) is 15.0 Å². The van der Waals surface area contributed by atoms with Crippen LogP contribution in [0.1, 0.15) is 26.7 Å². The Morgan fingerprint density at radius 2 is 2.27 bits per heavy atom. The first-order chi connectivity index (χ1) is 6.81. The van der Waals surface area contributed by atoms with Crippen LogP contribution in [-0.2, 0) is 14.5 Å². The van der Waals surface area contributed by atoms with Crippen molar-refractivity contribution < 1.29 is 12.6 Å². The molecule has 2 bridgehead atoms. The summed E-state index contributed by atoms with van der Waals surface area (Å²) in [7, 11) is -3.81. The van der Waals surface area contributed by atoms with Gasteiger partial charge in [-0.25, -0.2) is 5.14 Å². The summed E-state index contributed by atoms with van der Waals surface area (Å²) in [6, 6.07) is 0. The third-order valence-electron chi connectivity index (χ3n) is 3.97. The fraction of sp³-hybridized carbons (Fsp3) is 0.800. The minimum atomic E-state index is -3.81. The number of nitrogens with two attached hydrogens (primary N) is 1. The Bertz CT molecular complexity index is 397. The first-order valence-corrected chi connectivity index (χ1v) is 6.64. The molecule has 0 aliphatic heterocycles. The minimum Gasteiger partial charge on any atom is -0.254 e. The van der Waals surface area contributed by atoms with Gasteiger partial charge in [0, 0.05) is 0 Å². The molecule has 3 aliphatic rings. The molecule has 0 aromatic rings. The van der Waals surface area contributed by atoms with Crippen molar-refractivity contribution in [3.63, 3.8) is 0 Å². The van der Waals surface area contributed by atoms with Crippen LogP contribution in [0.5, 0.6) is 0 Å². The van der Waals surface area contributed by atoms with Crippen LogP contribution in [0.2, 0.25) is 0 Å². The largest absolute Gasteiger partial charge is 0.333 e. The number of fused-ring (bicyclic) bond motifs is 1. The molecule has 0 saturated heterocycles. The van der Waals surface area contributed by atoms with E-state index in [1.807, 2.05) is 0 Å². The maximum atomic E-state index is 10.7. The Balaban J connectivity index is 2.03. The van der Waals surface area contributed by atoms with Crippen molar-refractivity contribution in [2.75, 3.05) is 6.61 Å². The Hall–Kier alpha value is -0.390. The van der Waals surface area contributed by atoms with Crippen molar-refractivity contribution >= 4 is 10.3 Å². The second-order valence-corrected chi connectivity index (χ2v) is 6.30. The minimum absolute atomic E-state index is 0.125. The van der Waals surface area contributed by atoms with Crippen LogP contribution < -0.4 is 5.14 Å². The summed E-state index contributed by atoms with van der Waals surface area (Å²) in [6.45, 7) is 4.59. The van der Waals surface area contributed by atoms with E-state index in [-0.39, 0.29) is 6.61 Å². The standard InChI is InChI=1S/C10H17NO3S/c1-10(2)8-4-3-7(9(10)5-8)6-14-15(11,12)13/h3,8-9H,4-6H2,1-2H3,(H2,11,12,13). The molecule has 86 valence electrons. The van der Waals surface area contributed by atoms with Gasteiger partial charge in [-0.2, -0.15) is 8.42 Å². The summed E-state index contributed by atoms with van der Waals surface area (Å²) in [4.78, 5) is 0. The molecule has 4 nitrogen and oxygen atoms in total. The predicted molar refractivity (Wildman–Crippen MR) is 57.1 cm³/mol. The van der Waals surface area contributed by atoms with Crippen LogP contribution in [0.25, 0.3) is 0 Å². The van der Waals surface area contributed by atoms with Gasteiger partial charge in [0.2, 0.25) is 0 Å². The van der Waals surface area contributed by atoms with Gasteiger partial charge in [-0.15, -0.1) is 0 Å². The van der Waals surface area contributed by atoms with Gasteiger partial charge in [0.25, 0.3) is 0 Å². The lowest BCUT2D eigenvalue weighted by Crippen LogP contribution is -2.48. The lowest BCUT2D eigenvalue weighted by Gasteiger charge is -2.56. The molecule has 0 radical (unpaired) electrons. The average molecular weight is 231 g/mol. The maximum absolute atomic E-state index is 10.7. The van der Waals surface area contributed by atoms with E-state index in [2.05, 4.69) is 24.1 Å². The highest BCUT2D eigenvalue weighted by Crippen LogP contribution is 2.59. The van der Waals surface area contributed by atoms with E-state index in [0.29, 0.717) is 11.3 Å². The highest BCUT2D eigenvalue weighted by Gasteiger charge is 2.51. The third kappa shape index (κ3) is 1.96. The highest BCUT2D eigenvalue weighted by molar-refractivity contribution is 7.84. The number of hydrogen-bond donors (Lipinski definition) is 1. The number of hydrogen-bond acceptors (Lipinski definition) is 3. The van der Waals surface area contributed by atoms with E-state index in [0.717, 1.165) is 24.3 Å². The summed E-state index contributed by atoms with van der Waals surface area (Å²) in [5.41, 5.74) is 1.39. The van der Waals surface area contributed by atoms with Crippen LogP contribution in [0, 0.1) is 17.3 Å². The average Bonchev–Trinajstić information content (AvgIpc) is 2.13. The quantitative estimate of drug-likeness (QED) is 0.742. The van der Waals surface area contributed by atoms with E-state index in [4.69, 9.17) is 5.14 Å². The molecule has 0 aromatic carbocycles. The summed E-state index contributed by atoms with van der Waals surface area (Å²) in [6.07, 6.45) is 4.30. The smallest absolute Gasteiger partial charge is 0.254 e. The molecule has 2 unspecified atom stereocenters. The van der Waals surface area contributed by atoms with Gasteiger partial charge in [-0.05, 0) is 35.7 Å². The van der Waals surface area contributed by atoms with E-state index in [9.17, 15) is 8.42 Å². The zero-order valence-electron chi connectivity index (χ0n) is 9.06. The molecule has 0 aromatic heterocycles. The lowest BCUT2D eigenvalue weighted by atomic mass is 9.49. The van der Waals surface area contributed by atoms with Gasteiger partial charge in [-0.3, -0.25) is 4.18 Å². The molecule has 0 spiro atoms. The highest BCUT2D eigenvalue weighted by atomic mass is 32.2. The van der Waals surface area contributed by atoms with Crippen molar-refractivity contribution in [2.24, 2.45) is 22.4 Å². The second-order valence-electron chi connectivity index (χ2n) is 5.08. The Morgan fingerprint density at radius 3 is 2.73 bits per heavy atom. The molecule has 2 N–H and O–H groups in total. The lowest BCUT2D eigenvalue weighted by molar-refractivity contribution is -0.0113. The monoisotopic (exact) mass is 231 g/mol. The molecular formula is C10H17NO3S. The van der Waals surface area contributed by atoms with E-state index in [1.54, 1.807) is 0 Å². The maximum Gasteiger partial charge on any atom is 0.333 e. The first kappa shape index (κ1) is 11.1. The molecular weight excluding hydrogens is 214 g/mol. The van der Waals surface area contributed by atoms with Crippen molar-refractivity contribution in [3.05, 3.63) is 11.6 Å². The zero-order valence-corrected chi connectivity index (χ0v) is 9.88. The van der Waals surface area contributed by atoms with Gasteiger partial charge in [0.1, 0.15) is 0 Å². The van der Waals surface area contributed by atoms with Crippen LogP contribution in [0.3, 0.4) is 0 Å². The van der Waals surface area contributed by atoms with Crippen molar-refractivity contribution in [3.8, 4) is 0 Å². The fourth-order valence-corrected chi connectivity index (χ4v) is 3.09. The van der Waals surface area contributed by atoms with Gasteiger partial charge in [-0.1, -0.05) is 19.9 Å². The van der Waals surface area contributed by atoms with Crippen molar-refractivity contribution in [2.45, 2.75) is 26.7 Å². The molecule has 0 heterocycles. The zero-order chi connectivity index (χ0) is 11.3. The van der Waals surface area contributed by atoms with E-state index in [1.165, 1.54) is 0 Å². The topological polar surface area (TPSA) is 69.4 Å². The molecule has 15 heavy (non-hydrogen) atoms. The van der Waals surface area contributed by atoms with Crippen LogP contribution >= 0.6 is 0 Å². The van der Waals surface area contributed by atoms with Crippen LogP contribution in [0.15, 0.2) is 11.6 Å². The number of rotatable bonds is 3. The summed E-state index contributed by atoms with van der Waals surface area (Å²) < 4.78 is 26.0. The number of allylic oxidation sites excluding steroid dienone is 1. The van der Waals surface area contributed by atoms with Gasteiger partial charge >= 0.3 is 10.3 Å². The summed E-state index contributed by atoms with van der Waals surface area (Å²) >= 11 is 0. The Morgan fingerprint density at radius 1 is 1.60 bits per heavy atom. The van der Waals surface area contributed by atoms with E-state index < -0.39 is 10.3 Å². The molecule has 3 aliphatic carbocycles. The van der Waals surface area contributed by atoms with Crippen LogP contribution in [0.4, 0.5) is 0 Å². The van der Waals surface area contributed by atoms with Gasteiger partial charge < -0.3 is 0 Å². The molecule has 1 saturated carbocycles. The van der Waals surface area contributed by atoms with E-state index >= 15 is 0 Å². The van der Waals surface area contributed by atoms with Crippen molar-refractivity contribution in [1.29, 1.82) is 0 Å². The third-order valence-corrected chi connectivity index (χ3v) is 4.42. The first-order valence-electron chi connectivity index (χ1n) is 5.17. The van der Waals surface area contributed by atoms with Gasteiger partial charge in [0.15, 0.2) is 0 Å². The molecule has 5 heteroatoms. The molecule has 0 amide bonds. The Labute approximate surface area is 90.7 Å². The predicted octanol–water partition coefficient (Wildman–Crippen LogP) is 1.20. The normalized spacial score (nSPS) is 33.1. The van der Waals surface area contributed by atoms with Crippen molar-refractivity contribution in [1.82, 2.24) is 0 Å². The van der Waals surface area contributed by atoms with Gasteiger partial charge in [0.05, 0.1) is 6.61 Å². The fourth-order valence-electron chi connectivity index (χ4n) is 2.79. The Kier molecular flexibility index (Phi) is 2.44. The second kappa shape index (κ2) is 3.30. The summed E-state index contributed by atoms with van der Waals surface area (Å²) in [5.74, 6) is 1.22. The SMILES string of the molecule is CC1(C)C2CC=C(COS(N)(=O)=O)C1C2.